The van der Waals surface area contributed by atoms with Gasteiger partial charge in [0.15, 0.2) is 0 Å². The molecule has 4 rings (SSSR count). The fraction of sp³-hybridized carbons (Fsp3) is 0.500. The molecule has 2 aromatic carbocycles. The van der Waals surface area contributed by atoms with Crippen molar-refractivity contribution in [2.75, 3.05) is 13.1 Å². The molecule has 1 saturated heterocycles. The summed E-state index contributed by atoms with van der Waals surface area (Å²) in [5.74, 6) is 0.596. The van der Waals surface area contributed by atoms with Crippen LogP contribution in [0.15, 0.2) is 53.4 Å². The van der Waals surface area contributed by atoms with E-state index in [9.17, 15) is 13.2 Å². The number of hydrogen-bond donors (Lipinski definition) is 0. The number of hydrogen-bond acceptors (Lipinski definition) is 3. The molecule has 0 bridgehead atoms. The topological polar surface area (TPSA) is 57.7 Å². The average molecular weight is 455 g/mol. The third kappa shape index (κ3) is 5.41. The van der Waals surface area contributed by atoms with E-state index in [1.165, 1.54) is 5.56 Å². The summed E-state index contributed by atoms with van der Waals surface area (Å²) in [7, 11) is -3.44. The Balaban J connectivity index is 1.41. The zero-order valence-electron chi connectivity index (χ0n) is 19.2. The Bertz CT molecular complexity index is 1020. The predicted octanol–water partition coefficient (Wildman–Crippen LogP) is 4.72. The zero-order chi connectivity index (χ0) is 22.7. The van der Waals surface area contributed by atoms with Gasteiger partial charge in [-0.05, 0) is 60.4 Å². The van der Waals surface area contributed by atoms with E-state index >= 15 is 0 Å². The van der Waals surface area contributed by atoms with Crippen LogP contribution < -0.4 is 0 Å². The highest BCUT2D eigenvalue weighted by Gasteiger charge is 2.32. The van der Waals surface area contributed by atoms with E-state index in [4.69, 9.17) is 0 Å². The normalized spacial score (nSPS) is 17.5. The van der Waals surface area contributed by atoms with E-state index in [1.54, 1.807) is 28.6 Å². The van der Waals surface area contributed by atoms with Gasteiger partial charge in [-0.3, -0.25) is 4.79 Å². The molecule has 1 saturated carbocycles. The van der Waals surface area contributed by atoms with Crippen molar-refractivity contribution < 1.29 is 13.2 Å². The maximum atomic E-state index is 13.1. The third-order valence-electron chi connectivity index (χ3n) is 6.54. The molecule has 0 radical (unpaired) electrons. The molecule has 0 aromatic heterocycles. The first-order chi connectivity index (χ1) is 15.3. The van der Waals surface area contributed by atoms with Crippen LogP contribution in [-0.2, 0) is 27.8 Å². The van der Waals surface area contributed by atoms with Crippen molar-refractivity contribution in [3.63, 3.8) is 0 Å². The van der Waals surface area contributed by atoms with Crippen LogP contribution in [0, 0.1) is 0 Å². The van der Waals surface area contributed by atoms with Crippen LogP contribution in [-0.4, -0.2) is 42.7 Å². The third-order valence-corrected chi connectivity index (χ3v) is 8.45. The van der Waals surface area contributed by atoms with Crippen molar-refractivity contribution in [1.82, 2.24) is 9.21 Å². The second-order valence-electron chi connectivity index (χ2n) is 9.43. The van der Waals surface area contributed by atoms with Crippen LogP contribution in [0.5, 0.6) is 0 Å². The van der Waals surface area contributed by atoms with Gasteiger partial charge in [-0.15, -0.1) is 0 Å². The first-order valence-corrected chi connectivity index (χ1v) is 13.3. The highest BCUT2D eigenvalue weighted by atomic mass is 32.2. The Labute approximate surface area is 192 Å². The van der Waals surface area contributed by atoms with Gasteiger partial charge in [-0.1, -0.05) is 56.7 Å². The van der Waals surface area contributed by atoms with Gasteiger partial charge in [0.25, 0.3) is 0 Å². The second-order valence-corrected chi connectivity index (χ2v) is 11.4. The fourth-order valence-corrected chi connectivity index (χ4v) is 5.84. The van der Waals surface area contributed by atoms with Crippen LogP contribution in [0.1, 0.15) is 68.6 Å². The number of piperidine rings is 1. The summed E-state index contributed by atoms with van der Waals surface area (Å²) in [4.78, 5) is 15.4. The van der Waals surface area contributed by atoms with E-state index in [0.29, 0.717) is 42.9 Å². The molecule has 1 aliphatic carbocycles. The van der Waals surface area contributed by atoms with Crippen LogP contribution in [0.4, 0.5) is 0 Å². The maximum absolute atomic E-state index is 13.1. The summed E-state index contributed by atoms with van der Waals surface area (Å²) in [6.07, 6.45) is 5.34. The molecule has 2 aliphatic rings. The average Bonchev–Trinajstić information content (AvgIpc) is 3.64. The smallest absolute Gasteiger partial charge is 0.243 e. The monoisotopic (exact) mass is 454 g/mol. The zero-order valence-corrected chi connectivity index (χ0v) is 20.0. The number of nitrogens with zero attached hydrogens (tertiary/aromatic N) is 2. The first-order valence-electron chi connectivity index (χ1n) is 11.8. The van der Waals surface area contributed by atoms with Gasteiger partial charge in [0.2, 0.25) is 15.9 Å². The fourth-order valence-electron chi connectivity index (χ4n) is 4.32. The number of carbonyl (C=O) groups excluding carboxylic acids is 1. The number of rotatable bonds is 8. The molecule has 0 N–H and O–H groups in total. The summed E-state index contributed by atoms with van der Waals surface area (Å²) < 4.78 is 27.3. The lowest BCUT2D eigenvalue weighted by Crippen LogP contribution is -2.35. The first kappa shape index (κ1) is 23.0. The molecule has 172 valence electrons. The molecule has 6 heteroatoms. The van der Waals surface area contributed by atoms with Gasteiger partial charge in [-0.25, -0.2) is 8.42 Å². The van der Waals surface area contributed by atoms with Crippen molar-refractivity contribution in [2.24, 2.45) is 0 Å². The van der Waals surface area contributed by atoms with Crippen LogP contribution in [0.3, 0.4) is 0 Å². The van der Waals surface area contributed by atoms with Crippen LogP contribution in [0.2, 0.25) is 0 Å². The van der Waals surface area contributed by atoms with Crippen molar-refractivity contribution in [1.29, 1.82) is 0 Å². The molecule has 1 heterocycles. The lowest BCUT2D eigenvalue weighted by atomic mass is 10.0. The minimum absolute atomic E-state index is 0.104. The maximum Gasteiger partial charge on any atom is 0.243 e. The Kier molecular flexibility index (Phi) is 7.01. The molecule has 1 aliphatic heterocycles. The highest BCUT2D eigenvalue weighted by molar-refractivity contribution is 7.89. The molecule has 0 atom stereocenters. The molecule has 2 aromatic rings. The molecule has 0 spiro atoms. The van der Waals surface area contributed by atoms with Crippen molar-refractivity contribution in [2.45, 2.75) is 75.8 Å². The molecule has 0 unspecified atom stereocenters. The molecule has 5 nitrogen and oxygen atoms in total. The lowest BCUT2D eigenvalue weighted by molar-refractivity contribution is -0.131. The van der Waals surface area contributed by atoms with E-state index < -0.39 is 10.0 Å². The minimum Gasteiger partial charge on any atom is -0.335 e. The van der Waals surface area contributed by atoms with Gasteiger partial charge in [-0.2, -0.15) is 4.31 Å². The van der Waals surface area contributed by atoms with Crippen molar-refractivity contribution in [3.05, 3.63) is 65.2 Å². The van der Waals surface area contributed by atoms with Gasteiger partial charge in [0, 0.05) is 25.7 Å². The summed E-state index contributed by atoms with van der Waals surface area (Å²) in [6.45, 7) is 6.17. The largest absolute Gasteiger partial charge is 0.335 e. The van der Waals surface area contributed by atoms with Gasteiger partial charge in [0.1, 0.15) is 0 Å². The molecule has 2 fully saturated rings. The van der Waals surface area contributed by atoms with E-state index in [2.05, 4.69) is 38.1 Å². The van der Waals surface area contributed by atoms with E-state index in [0.717, 1.165) is 43.2 Å². The lowest BCUT2D eigenvalue weighted by Gasteiger charge is -2.26. The van der Waals surface area contributed by atoms with Gasteiger partial charge >= 0.3 is 0 Å². The summed E-state index contributed by atoms with van der Waals surface area (Å²) in [6, 6.07) is 15.8. The van der Waals surface area contributed by atoms with Crippen molar-refractivity contribution in [3.8, 4) is 0 Å². The summed E-state index contributed by atoms with van der Waals surface area (Å²) in [5.41, 5.74) is 3.31. The van der Waals surface area contributed by atoms with Crippen molar-refractivity contribution >= 4 is 15.9 Å². The van der Waals surface area contributed by atoms with E-state index in [1.807, 2.05) is 4.90 Å². The predicted molar refractivity (Wildman–Crippen MR) is 127 cm³/mol. The Morgan fingerprint density at radius 3 is 2.09 bits per heavy atom. The SMILES string of the molecule is CC(C)c1ccc(CN(C(=O)Cc2ccc(S(=O)(=O)N3CCCCC3)cc2)C2CC2)cc1. The van der Waals surface area contributed by atoms with Gasteiger partial charge in [0.05, 0.1) is 11.3 Å². The quantitative estimate of drug-likeness (QED) is 0.580. The Morgan fingerprint density at radius 1 is 0.938 bits per heavy atom. The minimum atomic E-state index is -3.44. The van der Waals surface area contributed by atoms with Gasteiger partial charge < -0.3 is 4.90 Å². The molecular weight excluding hydrogens is 420 g/mol. The summed E-state index contributed by atoms with van der Waals surface area (Å²) in [5, 5.41) is 0. The summed E-state index contributed by atoms with van der Waals surface area (Å²) >= 11 is 0. The molecular formula is C26H34N2O3S. The Morgan fingerprint density at radius 2 is 1.53 bits per heavy atom. The number of carbonyl (C=O) groups is 1. The Hall–Kier alpha value is -2.18. The second kappa shape index (κ2) is 9.75. The van der Waals surface area contributed by atoms with E-state index in [-0.39, 0.29) is 5.91 Å². The number of benzene rings is 2. The van der Waals surface area contributed by atoms with Crippen LogP contribution in [0.25, 0.3) is 0 Å². The number of sulfonamides is 1. The highest BCUT2D eigenvalue weighted by Crippen LogP contribution is 2.29. The standard InChI is InChI=1S/C26H34N2O3S/c1-20(2)23-10-6-22(7-11-23)19-28(24-12-13-24)26(29)18-21-8-14-25(15-9-21)32(30,31)27-16-4-3-5-17-27/h6-11,14-15,20,24H,3-5,12-13,16-19H2,1-2H3. The molecule has 32 heavy (non-hydrogen) atoms. The molecule has 1 amide bonds. The number of amides is 1. The van der Waals surface area contributed by atoms with Crippen LogP contribution >= 0.6 is 0 Å².